The maximum absolute atomic E-state index is 12.9. The molecule has 0 aliphatic rings. The number of hydrogen-bond acceptors (Lipinski definition) is 6. The highest BCUT2D eigenvalue weighted by Gasteiger charge is 2.19. The minimum Gasteiger partial charge on any atom is -0.462 e. The lowest BCUT2D eigenvalue weighted by atomic mass is 10.1. The van der Waals surface area contributed by atoms with Crippen molar-refractivity contribution in [3.63, 3.8) is 0 Å². The predicted molar refractivity (Wildman–Crippen MR) is 348 cm³/mol. The predicted octanol–water partition coefficient (Wildman–Crippen LogP) is 22.5. The van der Waals surface area contributed by atoms with Gasteiger partial charge in [0, 0.05) is 19.3 Å². The minimum atomic E-state index is -0.798. The van der Waals surface area contributed by atoms with E-state index >= 15 is 0 Å². The Morgan fingerprint density at radius 2 is 0.487 bits per heavy atom. The zero-order chi connectivity index (χ0) is 57.8. The fraction of sp³-hybridized carbons (Fsp3) is 0.608. The van der Waals surface area contributed by atoms with Gasteiger partial charge in [0.25, 0.3) is 0 Å². The normalized spacial score (nSPS) is 13.2. The van der Waals surface area contributed by atoms with E-state index in [4.69, 9.17) is 14.2 Å². The number of hydrogen-bond donors (Lipinski definition) is 0. The van der Waals surface area contributed by atoms with Crippen molar-refractivity contribution in [2.75, 3.05) is 13.2 Å². The maximum Gasteiger partial charge on any atom is 0.306 e. The van der Waals surface area contributed by atoms with Gasteiger partial charge in [0.2, 0.25) is 0 Å². The quantitative estimate of drug-likeness (QED) is 0.0261. The first-order valence-electron chi connectivity index (χ1n) is 32.5. The molecule has 0 bridgehead atoms. The van der Waals surface area contributed by atoms with E-state index in [0.717, 1.165) is 167 Å². The van der Waals surface area contributed by atoms with Crippen molar-refractivity contribution in [2.24, 2.45) is 0 Å². The highest BCUT2D eigenvalue weighted by atomic mass is 16.6. The summed E-state index contributed by atoms with van der Waals surface area (Å²) < 4.78 is 16.9. The maximum atomic E-state index is 12.9. The SMILES string of the molecule is CC/C=C\C/C=C\C/C=C\C/C=C\C/C=C\C/C=C\C/C=C\C/C=C\C/C=C\CCCCCCCCCC(=O)OCC(COC(=O)CCCCCCC/C=C\CCC)OC(=O)CCCCCCCCC/C=C\C/C=C\C/C=C\CC. The summed E-state index contributed by atoms with van der Waals surface area (Å²) in [7, 11) is 0. The first kappa shape index (κ1) is 75.0. The van der Waals surface area contributed by atoms with Crippen molar-refractivity contribution in [3.8, 4) is 0 Å². The summed E-state index contributed by atoms with van der Waals surface area (Å²) in [6, 6.07) is 0. The Kier molecular flexibility index (Phi) is 62.4. The zero-order valence-electron chi connectivity index (χ0n) is 51.5. The van der Waals surface area contributed by atoms with E-state index in [9.17, 15) is 14.4 Å². The Hall–Kier alpha value is -4.97. The van der Waals surface area contributed by atoms with Gasteiger partial charge in [-0.2, -0.15) is 0 Å². The first-order valence-corrected chi connectivity index (χ1v) is 32.5. The fourth-order valence-corrected chi connectivity index (χ4v) is 8.45. The molecule has 0 spiro atoms. The molecule has 0 N–H and O–H groups in total. The number of rotatable bonds is 57. The van der Waals surface area contributed by atoms with Crippen LogP contribution in [0.15, 0.2) is 158 Å². The van der Waals surface area contributed by atoms with Crippen LogP contribution >= 0.6 is 0 Å². The lowest BCUT2D eigenvalue weighted by Crippen LogP contribution is -2.30. The monoisotopic (exact) mass is 1100 g/mol. The van der Waals surface area contributed by atoms with Gasteiger partial charge in [0.05, 0.1) is 0 Å². The van der Waals surface area contributed by atoms with E-state index < -0.39 is 6.10 Å². The summed E-state index contributed by atoms with van der Waals surface area (Å²) in [5.74, 6) is -0.930. The standard InChI is InChI=1S/C74H118O6/c1-4-7-10-13-16-19-22-24-26-28-29-30-31-32-33-34-35-36-37-38-39-40-41-42-43-44-45-47-48-50-52-55-58-61-64-67-73(76)79-70-71(69-78-72(75)66-63-60-57-54-21-18-15-12-9-6-3)80-74(77)68-65-62-59-56-53-51-49-46-27-25-23-20-17-14-11-8-5-2/h7-8,10-12,15-17,19-20,24-27,29-30,32-33,35-36,38-39,41-42,44-45,71H,4-6,9,13-14,18,21-23,28,31,34,37,40,43,46-70H2,1-3H3/b10-7-,11-8-,15-12-,19-16-,20-17-,26-24-,27-25-,30-29-,33-32-,36-35-,39-38-,42-41-,45-44-. The van der Waals surface area contributed by atoms with Crippen LogP contribution in [-0.2, 0) is 28.6 Å². The van der Waals surface area contributed by atoms with Crippen LogP contribution in [0.5, 0.6) is 0 Å². The number of esters is 3. The van der Waals surface area contributed by atoms with Gasteiger partial charge in [-0.3, -0.25) is 14.4 Å². The molecule has 0 aromatic heterocycles. The zero-order valence-corrected chi connectivity index (χ0v) is 51.5. The summed E-state index contributed by atoms with van der Waals surface area (Å²) in [5, 5.41) is 0. The molecule has 1 unspecified atom stereocenters. The van der Waals surface area contributed by atoms with E-state index in [2.05, 4.69) is 179 Å². The van der Waals surface area contributed by atoms with Crippen LogP contribution in [0.4, 0.5) is 0 Å². The highest BCUT2D eigenvalue weighted by molar-refractivity contribution is 5.71. The third-order valence-electron chi connectivity index (χ3n) is 13.2. The van der Waals surface area contributed by atoms with Gasteiger partial charge in [0.1, 0.15) is 13.2 Å². The van der Waals surface area contributed by atoms with Crippen molar-refractivity contribution >= 4 is 17.9 Å². The van der Waals surface area contributed by atoms with Gasteiger partial charge in [-0.05, 0) is 141 Å². The van der Waals surface area contributed by atoms with Crippen LogP contribution in [0, 0.1) is 0 Å². The van der Waals surface area contributed by atoms with Crippen molar-refractivity contribution in [1.29, 1.82) is 0 Å². The Morgan fingerprint density at radius 1 is 0.263 bits per heavy atom. The third kappa shape index (κ3) is 63.9. The molecule has 6 nitrogen and oxygen atoms in total. The summed E-state index contributed by atoms with van der Waals surface area (Å²) >= 11 is 0. The summed E-state index contributed by atoms with van der Waals surface area (Å²) in [5.41, 5.74) is 0. The topological polar surface area (TPSA) is 78.9 Å². The summed E-state index contributed by atoms with van der Waals surface area (Å²) in [6.07, 6.45) is 96.9. The van der Waals surface area contributed by atoms with Gasteiger partial charge in [-0.25, -0.2) is 0 Å². The van der Waals surface area contributed by atoms with Crippen molar-refractivity contribution in [2.45, 2.75) is 277 Å². The van der Waals surface area contributed by atoms with E-state index in [1.165, 1.54) is 64.2 Å². The summed E-state index contributed by atoms with van der Waals surface area (Å²) in [6.45, 7) is 6.32. The number of ether oxygens (including phenoxy) is 3. The molecule has 1 atom stereocenters. The lowest BCUT2D eigenvalue weighted by Gasteiger charge is -2.18. The minimum absolute atomic E-state index is 0.0948. The smallest absolute Gasteiger partial charge is 0.306 e. The first-order chi connectivity index (χ1) is 39.5. The summed E-state index contributed by atoms with van der Waals surface area (Å²) in [4.78, 5) is 38.2. The highest BCUT2D eigenvalue weighted by Crippen LogP contribution is 2.15. The second-order valence-corrected chi connectivity index (χ2v) is 20.9. The van der Waals surface area contributed by atoms with Gasteiger partial charge in [-0.1, -0.05) is 269 Å². The third-order valence-corrected chi connectivity index (χ3v) is 13.2. The molecular weight excluding hydrogens is 985 g/mol. The van der Waals surface area contributed by atoms with Crippen LogP contribution in [-0.4, -0.2) is 37.2 Å². The molecule has 0 aliphatic heterocycles. The number of carbonyl (C=O) groups excluding carboxylic acids is 3. The van der Waals surface area contributed by atoms with Crippen LogP contribution in [0.2, 0.25) is 0 Å². The molecule has 0 saturated heterocycles. The molecular formula is C74H118O6. The van der Waals surface area contributed by atoms with E-state index in [-0.39, 0.29) is 31.1 Å². The largest absolute Gasteiger partial charge is 0.462 e. The van der Waals surface area contributed by atoms with E-state index in [1.807, 2.05) is 0 Å². The number of allylic oxidation sites excluding steroid dienone is 26. The molecule has 0 heterocycles. The van der Waals surface area contributed by atoms with Gasteiger partial charge in [-0.15, -0.1) is 0 Å². The van der Waals surface area contributed by atoms with Crippen LogP contribution < -0.4 is 0 Å². The lowest BCUT2D eigenvalue weighted by molar-refractivity contribution is -0.167. The van der Waals surface area contributed by atoms with Crippen molar-refractivity contribution in [3.05, 3.63) is 158 Å². The van der Waals surface area contributed by atoms with Crippen molar-refractivity contribution in [1.82, 2.24) is 0 Å². The Labute approximate surface area is 492 Å². The van der Waals surface area contributed by atoms with Crippen LogP contribution in [0.3, 0.4) is 0 Å². The Morgan fingerprint density at radius 3 is 0.775 bits per heavy atom. The molecule has 0 aromatic rings. The molecule has 0 saturated carbocycles. The van der Waals surface area contributed by atoms with E-state index in [1.54, 1.807) is 0 Å². The molecule has 0 aromatic carbocycles. The Bertz CT molecular complexity index is 1790. The second-order valence-electron chi connectivity index (χ2n) is 20.9. The fourth-order valence-electron chi connectivity index (χ4n) is 8.45. The molecule has 0 fully saturated rings. The molecule has 0 aliphatic carbocycles. The molecule has 0 radical (unpaired) electrons. The van der Waals surface area contributed by atoms with Crippen LogP contribution in [0.25, 0.3) is 0 Å². The number of carbonyl (C=O) groups is 3. The average Bonchev–Trinajstić information content (AvgIpc) is 3.46. The molecule has 450 valence electrons. The van der Waals surface area contributed by atoms with Crippen LogP contribution in [0.1, 0.15) is 271 Å². The molecule has 6 heteroatoms. The van der Waals surface area contributed by atoms with Gasteiger partial charge < -0.3 is 14.2 Å². The van der Waals surface area contributed by atoms with Crippen molar-refractivity contribution < 1.29 is 28.6 Å². The number of unbranched alkanes of at least 4 members (excludes halogenated alkanes) is 20. The molecule has 80 heavy (non-hydrogen) atoms. The average molecular weight is 1100 g/mol. The second kappa shape index (κ2) is 66.5. The van der Waals surface area contributed by atoms with Gasteiger partial charge >= 0.3 is 17.9 Å². The molecule has 0 rings (SSSR count). The Balaban J connectivity index is 4.25. The molecule has 0 amide bonds. The van der Waals surface area contributed by atoms with Gasteiger partial charge in [0.15, 0.2) is 6.10 Å². The van der Waals surface area contributed by atoms with E-state index in [0.29, 0.717) is 19.3 Å².